The predicted molar refractivity (Wildman–Crippen MR) is 158 cm³/mol. The lowest BCUT2D eigenvalue weighted by atomic mass is 9.95. The lowest BCUT2D eigenvalue weighted by molar-refractivity contribution is 0.0776. The molecule has 4 fully saturated rings. The van der Waals surface area contributed by atoms with Crippen LogP contribution in [0, 0.1) is 11.6 Å². The van der Waals surface area contributed by atoms with E-state index in [1.807, 2.05) is 4.90 Å². The van der Waals surface area contributed by atoms with E-state index in [1.165, 1.54) is 18.3 Å². The Labute approximate surface area is 250 Å². The summed E-state index contributed by atoms with van der Waals surface area (Å²) in [5, 5.41) is 0.435. The number of aromatic nitrogens is 3. The van der Waals surface area contributed by atoms with Gasteiger partial charge in [-0.15, -0.1) is 0 Å². The van der Waals surface area contributed by atoms with Gasteiger partial charge in [0.2, 0.25) is 0 Å². The van der Waals surface area contributed by atoms with Crippen LogP contribution >= 0.6 is 0 Å². The number of fused-ring (bicyclic) bond motifs is 4. The van der Waals surface area contributed by atoms with Gasteiger partial charge in [0.05, 0.1) is 29.6 Å². The van der Waals surface area contributed by atoms with Gasteiger partial charge in [0.1, 0.15) is 29.5 Å². The zero-order chi connectivity index (χ0) is 29.6. The molecular weight excluding hydrogens is 554 g/mol. The van der Waals surface area contributed by atoms with Crippen molar-refractivity contribution in [2.45, 2.75) is 75.9 Å². The number of carbonyl (C=O) groups is 1. The van der Waals surface area contributed by atoms with Crippen molar-refractivity contribution in [3.8, 4) is 17.3 Å². The Balaban J connectivity index is 1.24. The normalized spacial score (nSPS) is 22.8. The van der Waals surface area contributed by atoms with E-state index < -0.39 is 11.6 Å². The number of unbranched alkanes of at least 4 members (excludes halogenated alkanes) is 1. The van der Waals surface area contributed by atoms with Crippen molar-refractivity contribution in [2.24, 2.45) is 0 Å². The van der Waals surface area contributed by atoms with Gasteiger partial charge in [0, 0.05) is 24.8 Å². The number of hydrogen-bond acceptors (Lipinski definition) is 8. The van der Waals surface area contributed by atoms with E-state index in [-0.39, 0.29) is 46.5 Å². The van der Waals surface area contributed by atoms with Gasteiger partial charge in [-0.25, -0.2) is 13.6 Å². The number of amides is 1. The minimum absolute atomic E-state index is 0.0313. The molecule has 6 heterocycles. The van der Waals surface area contributed by atoms with E-state index in [2.05, 4.69) is 26.7 Å². The second-order valence-electron chi connectivity index (χ2n) is 12.4. The molecule has 9 nitrogen and oxygen atoms in total. The molecule has 2 atom stereocenters. The Hall–Kier alpha value is -3.60. The summed E-state index contributed by atoms with van der Waals surface area (Å²) in [6.07, 6.45) is 9.16. The Morgan fingerprint density at radius 3 is 2.53 bits per heavy atom. The van der Waals surface area contributed by atoms with Crippen molar-refractivity contribution in [3.05, 3.63) is 42.1 Å². The SMILES string of the molecule is CCCCOC(=O)N1C2CCC1CN(c1nc(OCC34CCCN3CCC4)nc3c(F)c(-c4ccccc4F)ncc13)C2. The van der Waals surface area contributed by atoms with Crippen molar-refractivity contribution in [3.63, 3.8) is 0 Å². The summed E-state index contributed by atoms with van der Waals surface area (Å²) in [7, 11) is 0. The van der Waals surface area contributed by atoms with Crippen molar-refractivity contribution in [2.75, 3.05) is 44.3 Å². The van der Waals surface area contributed by atoms with Gasteiger partial charge in [0.25, 0.3) is 0 Å². The maximum Gasteiger partial charge on any atom is 0.410 e. The third-order valence-corrected chi connectivity index (χ3v) is 9.77. The largest absolute Gasteiger partial charge is 0.461 e. The number of halogens is 2. The monoisotopic (exact) mass is 592 g/mol. The molecule has 0 saturated carbocycles. The van der Waals surface area contributed by atoms with Gasteiger partial charge < -0.3 is 14.4 Å². The third-order valence-electron chi connectivity index (χ3n) is 9.77. The average Bonchev–Trinajstić information content (AvgIpc) is 3.67. The van der Waals surface area contributed by atoms with E-state index in [0.717, 1.165) is 64.5 Å². The third kappa shape index (κ3) is 5.05. The zero-order valence-corrected chi connectivity index (χ0v) is 24.6. The molecule has 4 aliphatic heterocycles. The van der Waals surface area contributed by atoms with Crippen LogP contribution in [0.2, 0.25) is 0 Å². The topological polar surface area (TPSA) is 83.9 Å². The van der Waals surface area contributed by atoms with Crippen LogP contribution in [-0.2, 0) is 4.74 Å². The predicted octanol–water partition coefficient (Wildman–Crippen LogP) is 5.57. The summed E-state index contributed by atoms with van der Waals surface area (Å²) in [5.74, 6) is -0.743. The van der Waals surface area contributed by atoms with Crippen molar-refractivity contribution < 1.29 is 23.0 Å². The van der Waals surface area contributed by atoms with Crippen molar-refractivity contribution in [1.29, 1.82) is 0 Å². The molecule has 0 N–H and O–H groups in total. The van der Waals surface area contributed by atoms with Crippen LogP contribution in [0.3, 0.4) is 0 Å². The van der Waals surface area contributed by atoms with Gasteiger partial charge in [-0.3, -0.25) is 14.8 Å². The van der Waals surface area contributed by atoms with E-state index in [1.54, 1.807) is 12.1 Å². The second-order valence-corrected chi connectivity index (χ2v) is 12.4. The molecule has 228 valence electrons. The molecule has 7 rings (SSSR count). The summed E-state index contributed by atoms with van der Waals surface area (Å²) in [4.78, 5) is 33.1. The number of piperazine rings is 1. The molecule has 11 heteroatoms. The Morgan fingerprint density at radius 2 is 1.81 bits per heavy atom. The molecule has 0 radical (unpaired) electrons. The molecule has 1 amide bonds. The molecule has 4 aliphatic rings. The quantitative estimate of drug-likeness (QED) is 0.314. The van der Waals surface area contributed by atoms with Crippen molar-refractivity contribution >= 4 is 22.8 Å². The number of carbonyl (C=O) groups excluding carboxylic acids is 1. The lowest BCUT2D eigenvalue weighted by Gasteiger charge is -2.41. The molecule has 2 unspecified atom stereocenters. The first-order valence-corrected chi connectivity index (χ1v) is 15.7. The summed E-state index contributed by atoms with van der Waals surface area (Å²) < 4.78 is 42.8. The van der Waals surface area contributed by atoms with E-state index in [9.17, 15) is 9.18 Å². The maximum atomic E-state index is 16.2. The van der Waals surface area contributed by atoms with Crippen LogP contribution in [0.5, 0.6) is 6.01 Å². The van der Waals surface area contributed by atoms with Gasteiger partial charge in [-0.05, 0) is 70.2 Å². The van der Waals surface area contributed by atoms with Crippen LogP contribution < -0.4 is 9.64 Å². The van der Waals surface area contributed by atoms with Gasteiger partial charge in [-0.2, -0.15) is 9.97 Å². The molecule has 0 spiro atoms. The zero-order valence-electron chi connectivity index (χ0n) is 24.6. The maximum absolute atomic E-state index is 16.2. The molecule has 1 aromatic carbocycles. The summed E-state index contributed by atoms with van der Waals surface area (Å²) in [6, 6.07) is 6.04. The average molecular weight is 593 g/mol. The van der Waals surface area contributed by atoms with E-state index >= 15 is 4.39 Å². The molecule has 3 aromatic rings. The van der Waals surface area contributed by atoms with Crippen LogP contribution in [0.4, 0.5) is 19.4 Å². The molecule has 2 aromatic heterocycles. The fourth-order valence-corrected chi connectivity index (χ4v) is 7.58. The molecule has 2 bridgehead atoms. The Morgan fingerprint density at radius 1 is 1.07 bits per heavy atom. The minimum atomic E-state index is -0.710. The highest BCUT2D eigenvalue weighted by molar-refractivity contribution is 5.92. The first-order chi connectivity index (χ1) is 21.0. The Bertz CT molecular complexity index is 1500. The van der Waals surface area contributed by atoms with E-state index in [4.69, 9.17) is 14.5 Å². The summed E-state index contributed by atoms with van der Waals surface area (Å²) in [6.45, 7) is 6.10. The number of hydrogen-bond donors (Lipinski definition) is 0. The fraction of sp³-hybridized carbons (Fsp3) is 0.562. The van der Waals surface area contributed by atoms with Crippen LogP contribution in [0.1, 0.15) is 58.3 Å². The molecule has 0 aliphatic carbocycles. The van der Waals surface area contributed by atoms with Gasteiger partial charge in [0.15, 0.2) is 5.82 Å². The molecular formula is C32H38F2N6O3. The number of nitrogens with zero attached hydrogens (tertiary/aromatic N) is 6. The first-order valence-electron chi connectivity index (χ1n) is 15.7. The smallest absolute Gasteiger partial charge is 0.410 e. The van der Waals surface area contributed by atoms with E-state index in [0.29, 0.717) is 37.5 Å². The summed E-state index contributed by atoms with van der Waals surface area (Å²) >= 11 is 0. The molecule has 4 saturated heterocycles. The highest BCUT2D eigenvalue weighted by atomic mass is 19.1. The first kappa shape index (κ1) is 28.2. The Kier molecular flexibility index (Phi) is 7.53. The fourth-order valence-electron chi connectivity index (χ4n) is 7.58. The summed E-state index contributed by atoms with van der Waals surface area (Å²) in [5.41, 5.74) is -0.00750. The van der Waals surface area contributed by atoms with Gasteiger partial charge >= 0.3 is 12.1 Å². The highest BCUT2D eigenvalue weighted by Gasteiger charge is 2.46. The second kappa shape index (κ2) is 11.5. The minimum Gasteiger partial charge on any atom is -0.461 e. The molecule has 43 heavy (non-hydrogen) atoms. The van der Waals surface area contributed by atoms with Crippen LogP contribution in [0.15, 0.2) is 30.5 Å². The number of anilines is 1. The standard InChI is InChI=1S/C32H38F2N6O3/c1-2-3-16-42-31(41)40-21-10-11-22(40)19-38(18-21)29-24-17-35-27(23-8-4-5-9-25(23)33)26(34)28(24)36-30(37-29)43-20-32-12-6-14-39(32)15-7-13-32/h4-5,8-9,17,21-22H,2-3,6-7,10-16,18-20H2,1H3. The number of benzene rings is 1. The highest BCUT2D eigenvalue weighted by Crippen LogP contribution is 2.40. The number of rotatable bonds is 8. The number of pyridine rings is 1. The van der Waals surface area contributed by atoms with Crippen LogP contribution in [-0.4, -0.2) is 87.9 Å². The van der Waals surface area contributed by atoms with Gasteiger partial charge in [-0.1, -0.05) is 25.5 Å². The number of ether oxygens (including phenoxy) is 2. The lowest BCUT2D eigenvalue weighted by Crippen LogP contribution is -2.56. The van der Waals surface area contributed by atoms with Crippen molar-refractivity contribution in [1.82, 2.24) is 24.8 Å². The van der Waals surface area contributed by atoms with Crippen LogP contribution in [0.25, 0.3) is 22.2 Å².